The van der Waals surface area contributed by atoms with Gasteiger partial charge in [0.25, 0.3) is 0 Å². The molecule has 5 heteroatoms. The lowest BCUT2D eigenvalue weighted by atomic mass is 10.1. The number of halogens is 1. The first-order valence-electron chi connectivity index (χ1n) is 7.85. The van der Waals surface area contributed by atoms with Gasteiger partial charge in [0, 0.05) is 6.04 Å². The Morgan fingerprint density at radius 3 is 2.25 bits per heavy atom. The van der Waals surface area contributed by atoms with E-state index in [4.69, 9.17) is 10.5 Å². The fourth-order valence-corrected chi connectivity index (χ4v) is 2.38. The SMILES string of the molecule is CC(Cc1ccc(OCc2ccccc2)cc1)N[C@@H](C)C(N)=O.Cl. The summed E-state index contributed by atoms with van der Waals surface area (Å²) >= 11 is 0. The maximum atomic E-state index is 11.1. The van der Waals surface area contributed by atoms with Crippen molar-refractivity contribution in [1.29, 1.82) is 0 Å². The van der Waals surface area contributed by atoms with Gasteiger partial charge in [0.05, 0.1) is 6.04 Å². The number of nitrogens with one attached hydrogen (secondary N) is 1. The van der Waals surface area contributed by atoms with Gasteiger partial charge in [0.15, 0.2) is 0 Å². The molecule has 0 radical (unpaired) electrons. The van der Waals surface area contributed by atoms with Crippen LogP contribution in [0.15, 0.2) is 54.6 Å². The monoisotopic (exact) mass is 348 g/mol. The van der Waals surface area contributed by atoms with Crippen LogP contribution in [0.25, 0.3) is 0 Å². The van der Waals surface area contributed by atoms with Crippen LogP contribution in [0.2, 0.25) is 0 Å². The average Bonchev–Trinajstić information content (AvgIpc) is 2.55. The van der Waals surface area contributed by atoms with Gasteiger partial charge in [0.2, 0.25) is 5.91 Å². The Balaban J connectivity index is 0.00000288. The quantitative estimate of drug-likeness (QED) is 0.770. The smallest absolute Gasteiger partial charge is 0.234 e. The standard InChI is InChI=1S/C19H24N2O2.ClH/c1-14(21-15(2)19(20)22)12-16-8-10-18(11-9-16)23-13-17-6-4-3-5-7-17;/h3-11,14-15,21H,12-13H2,1-2H3,(H2,20,22);1H/t14?,15-;/m0./s1. The van der Waals surface area contributed by atoms with Crippen LogP contribution in [0.3, 0.4) is 0 Å². The molecule has 3 N–H and O–H groups in total. The van der Waals surface area contributed by atoms with Crippen molar-refractivity contribution in [2.24, 2.45) is 5.73 Å². The van der Waals surface area contributed by atoms with Crippen LogP contribution >= 0.6 is 12.4 Å². The van der Waals surface area contributed by atoms with Crippen molar-refractivity contribution in [3.05, 3.63) is 65.7 Å². The third kappa shape index (κ3) is 6.60. The van der Waals surface area contributed by atoms with E-state index in [1.54, 1.807) is 6.92 Å². The van der Waals surface area contributed by atoms with Crippen molar-refractivity contribution in [1.82, 2.24) is 5.32 Å². The van der Waals surface area contributed by atoms with Crippen LogP contribution in [0.5, 0.6) is 5.75 Å². The number of hydrogen-bond acceptors (Lipinski definition) is 3. The van der Waals surface area contributed by atoms with E-state index in [2.05, 4.69) is 5.32 Å². The van der Waals surface area contributed by atoms with E-state index in [0.717, 1.165) is 17.7 Å². The molecule has 0 aromatic heterocycles. The number of benzene rings is 2. The molecule has 0 saturated heterocycles. The predicted molar refractivity (Wildman–Crippen MR) is 99.4 cm³/mol. The lowest BCUT2D eigenvalue weighted by Crippen LogP contribution is -2.44. The normalized spacial score (nSPS) is 12.8. The number of amides is 1. The zero-order valence-corrected chi connectivity index (χ0v) is 14.9. The highest BCUT2D eigenvalue weighted by Crippen LogP contribution is 2.15. The second-order valence-corrected chi connectivity index (χ2v) is 5.81. The highest BCUT2D eigenvalue weighted by atomic mass is 35.5. The Morgan fingerprint density at radius 1 is 1.04 bits per heavy atom. The van der Waals surface area contributed by atoms with Crippen LogP contribution < -0.4 is 15.8 Å². The van der Waals surface area contributed by atoms with Crippen molar-refractivity contribution in [3.63, 3.8) is 0 Å². The number of carbonyl (C=O) groups is 1. The summed E-state index contributed by atoms with van der Waals surface area (Å²) in [5.41, 5.74) is 7.60. The Kier molecular flexibility index (Phi) is 8.30. The van der Waals surface area contributed by atoms with Gasteiger partial charge in [-0.25, -0.2) is 0 Å². The maximum Gasteiger partial charge on any atom is 0.234 e. The van der Waals surface area contributed by atoms with E-state index < -0.39 is 0 Å². The summed E-state index contributed by atoms with van der Waals surface area (Å²) < 4.78 is 5.77. The van der Waals surface area contributed by atoms with Crippen molar-refractivity contribution < 1.29 is 9.53 Å². The third-order valence-electron chi connectivity index (χ3n) is 3.67. The van der Waals surface area contributed by atoms with Crippen molar-refractivity contribution >= 4 is 18.3 Å². The predicted octanol–water partition coefficient (Wildman–Crippen LogP) is 3.08. The van der Waals surface area contributed by atoms with E-state index in [0.29, 0.717) is 6.61 Å². The Bertz CT molecular complexity index is 617. The van der Waals surface area contributed by atoms with Crippen LogP contribution in [0, 0.1) is 0 Å². The van der Waals surface area contributed by atoms with E-state index in [1.165, 1.54) is 5.56 Å². The molecule has 2 aromatic rings. The highest BCUT2D eigenvalue weighted by molar-refractivity contribution is 5.85. The summed E-state index contributed by atoms with van der Waals surface area (Å²) in [5, 5.41) is 3.18. The van der Waals surface area contributed by atoms with E-state index in [9.17, 15) is 4.79 Å². The number of rotatable bonds is 8. The van der Waals surface area contributed by atoms with E-state index >= 15 is 0 Å². The van der Waals surface area contributed by atoms with E-state index in [1.807, 2.05) is 61.5 Å². The fraction of sp³-hybridized carbons (Fsp3) is 0.316. The molecular weight excluding hydrogens is 324 g/mol. The number of hydrogen-bond donors (Lipinski definition) is 2. The molecule has 2 rings (SSSR count). The molecule has 0 spiro atoms. The topological polar surface area (TPSA) is 64.3 Å². The van der Waals surface area contributed by atoms with Crippen LogP contribution in [-0.2, 0) is 17.8 Å². The molecule has 0 aliphatic carbocycles. The van der Waals surface area contributed by atoms with Gasteiger partial charge in [-0.3, -0.25) is 4.79 Å². The molecule has 2 aromatic carbocycles. The summed E-state index contributed by atoms with van der Waals surface area (Å²) in [5.74, 6) is 0.519. The lowest BCUT2D eigenvalue weighted by Gasteiger charge is -2.17. The van der Waals surface area contributed by atoms with Gasteiger partial charge in [-0.2, -0.15) is 0 Å². The van der Waals surface area contributed by atoms with Crippen LogP contribution in [-0.4, -0.2) is 18.0 Å². The molecule has 0 fully saturated rings. The van der Waals surface area contributed by atoms with Gasteiger partial charge in [0.1, 0.15) is 12.4 Å². The second kappa shape index (κ2) is 9.96. The first-order valence-corrected chi connectivity index (χ1v) is 7.85. The first kappa shape index (κ1) is 20.0. The summed E-state index contributed by atoms with van der Waals surface area (Å²) in [6.07, 6.45) is 0.830. The number of nitrogens with two attached hydrogens (primary N) is 1. The highest BCUT2D eigenvalue weighted by Gasteiger charge is 2.12. The molecule has 0 aliphatic rings. The van der Waals surface area contributed by atoms with Gasteiger partial charge < -0.3 is 15.8 Å². The summed E-state index contributed by atoms with van der Waals surface area (Å²) in [6, 6.07) is 18.0. The second-order valence-electron chi connectivity index (χ2n) is 5.81. The molecule has 0 saturated carbocycles. The molecule has 0 bridgehead atoms. The minimum atomic E-state index is -0.332. The van der Waals surface area contributed by atoms with Crippen LogP contribution in [0.1, 0.15) is 25.0 Å². The third-order valence-corrected chi connectivity index (χ3v) is 3.67. The van der Waals surface area contributed by atoms with Gasteiger partial charge in [-0.15, -0.1) is 12.4 Å². The molecule has 24 heavy (non-hydrogen) atoms. The first-order chi connectivity index (χ1) is 11.0. The molecular formula is C19H25ClN2O2. The molecule has 1 unspecified atom stereocenters. The lowest BCUT2D eigenvalue weighted by molar-refractivity contribution is -0.119. The maximum absolute atomic E-state index is 11.1. The molecule has 0 heterocycles. The minimum Gasteiger partial charge on any atom is -0.489 e. The zero-order chi connectivity index (χ0) is 16.7. The Morgan fingerprint density at radius 2 is 1.67 bits per heavy atom. The molecule has 130 valence electrons. The van der Waals surface area contributed by atoms with Gasteiger partial charge >= 0.3 is 0 Å². The van der Waals surface area contributed by atoms with Gasteiger partial charge in [-0.1, -0.05) is 42.5 Å². The number of ether oxygens (including phenoxy) is 1. The largest absolute Gasteiger partial charge is 0.489 e. The number of primary amides is 1. The molecule has 0 aliphatic heterocycles. The van der Waals surface area contributed by atoms with Gasteiger partial charge in [-0.05, 0) is 43.5 Å². The van der Waals surface area contributed by atoms with Crippen LogP contribution in [0.4, 0.5) is 0 Å². The minimum absolute atomic E-state index is 0. The van der Waals surface area contributed by atoms with Crippen molar-refractivity contribution in [3.8, 4) is 5.75 Å². The molecule has 2 atom stereocenters. The van der Waals surface area contributed by atoms with Crippen molar-refractivity contribution in [2.45, 2.75) is 39.0 Å². The number of carbonyl (C=O) groups excluding carboxylic acids is 1. The average molecular weight is 349 g/mol. The van der Waals surface area contributed by atoms with E-state index in [-0.39, 0.29) is 30.4 Å². The molecule has 4 nitrogen and oxygen atoms in total. The fourth-order valence-electron chi connectivity index (χ4n) is 2.38. The Labute approximate surface area is 149 Å². The molecule has 1 amide bonds. The Hall–Kier alpha value is -2.04. The summed E-state index contributed by atoms with van der Waals surface area (Å²) in [6.45, 7) is 4.38. The summed E-state index contributed by atoms with van der Waals surface area (Å²) in [4.78, 5) is 11.1. The summed E-state index contributed by atoms with van der Waals surface area (Å²) in [7, 11) is 0. The van der Waals surface area contributed by atoms with Crippen molar-refractivity contribution in [2.75, 3.05) is 0 Å². The zero-order valence-electron chi connectivity index (χ0n) is 14.1.